The molecule has 4 nitrogen and oxygen atoms in total. The number of isocyanates is 2. The monoisotopic (exact) mass is 242 g/mol. The molecule has 1 aromatic rings. The quantitative estimate of drug-likeness (QED) is 0.602. The maximum atomic E-state index is 10.4. The fourth-order valence-corrected chi connectivity index (χ4v) is 1.80. The molecule has 0 aromatic heterocycles. The lowest BCUT2D eigenvalue weighted by atomic mass is 9.92. The molecule has 0 saturated carbocycles. The molecule has 0 atom stereocenters. The van der Waals surface area contributed by atoms with Crippen molar-refractivity contribution in [3.05, 3.63) is 41.0 Å². The Labute approximate surface area is 106 Å². The molecule has 4 heteroatoms. The van der Waals surface area contributed by atoms with Crippen LogP contribution in [0.1, 0.15) is 35.3 Å². The molecule has 92 valence electrons. The van der Waals surface area contributed by atoms with E-state index in [1.54, 1.807) is 0 Å². The van der Waals surface area contributed by atoms with Crippen molar-refractivity contribution in [1.29, 1.82) is 0 Å². The number of benzene rings is 1. The summed E-state index contributed by atoms with van der Waals surface area (Å²) in [5, 5.41) is 0. The average molecular weight is 242 g/mol. The second-order valence-corrected chi connectivity index (χ2v) is 4.06. The van der Waals surface area contributed by atoms with Gasteiger partial charge < -0.3 is 0 Å². The number of nitrogens with zero attached hydrogens (tertiary/aromatic N) is 2. The molecule has 0 aliphatic rings. The molecular formula is C14H14N2O2. The molecule has 0 amide bonds. The molecular weight excluding hydrogens is 228 g/mol. The van der Waals surface area contributed by atoms with E-state index in [0.717, 1.165) is 22.3 Å². The van der Waals surface area contributed by atoms with Gasteiger partial charge in [-0.2, -0.15) is 9.98 Å². The van der Waals surface area contributed by atoms with Crippen LogP contribution in [0.2, 0.25) is 0 Å². The summed E-state index contributed by atoms with van der Waals surface area (Å²) in [5.74, 6) is 0. The van der Waals surface area contributed by atoms with Gasteiger partial charge in [0.05, 0.1) is 0 Å². The van der Waals surface area contributed by atoms with Crippen molar-refractivity contribution < 1.29 is 9.59 Å². The van der Waals surface area contributed by atoms with Crippen molar-refractivity contribution in [2.45, 2.75) is 26.9 Å². The Morgan fingerprint density at radius 1 is 1.22 bits per heavy atom. The van der Waals surface area contributed by atoms with Crippen molar-refractivity contribution in [1.82, 2.24) is 0 Å². The molecule has 0 N–H and O–H groups in total. The summed E-state index contributed by atoms with van der Waals surface area (Å²) in [7, 11) is 0. The summed E-state index contributed by atoms with van der Waals surface area (Å²) in [5.41, 5.74) is 4.32. The molecule has 18 heavy (non-hydrogen) atoms. The number of aryl methyl sites for hydroxylation is 1. The minimum absolute atomic E-state index is 0.703. The normalized spacial score (nSPS) is 11.1. The van der Waals surface area contributed by atoms with Crippen molar-refractivity contribution in [2.24, 2.45) is 9.98 Å². The van der Waals surface area contributed by atoms with Gasteiger partial charge in [0.25, 0.3) is 0 Å². The molecule has 0 spiro atoms. The molecule has 0 radical (unpaired) electrons. The number of aliphatic imine (C=N–C) groups is 2. The van der Waals surface area contributed by atoms with E-state index in [1.807, 2.05) is 32.9 Å². The first kappa shape index (κ1) is 13.8. The molecule has 0 aliphatic carbocycles. The van der Waals surface area contributed by atoms with Gasteiger partial charge in [0.15, 0.2) is 6.17 Å². The van der Waals surface area contributed by atoms with Gasteiger partial charge in [0.2, 0.25) is 12.2 Å². The average Bonchev–Trinajstić information content (AvgIpc) is 2.32. The van der Waals surface area contributed by atoms with Crippen molar-refractivity contribution in [3.8, 4) is 0 Å². The molecule has 0 unspecified atom stereocenters. The molecule has 0 aliphatic heterocycles. The van der Waals surface area contributed by atoms with Crippen LogP contribution in [0.15, 0.2) is 28.7 Å². The Bertz CT molecular complexity index is 560. The lowest BCUT2D eigenvalue weighted by molar-refractivity contribution is 0.551. The van der Waals surface area contributed by atoms with Gasteiger partial charge in [-0.15, -0.1) is 0 Å². The van der Waals surface area contributed by atoms with Gasteiger partial charge in [0.1, 0.15) is 0 Å². The Morgan fingerprint density at radius 2 is 1.78 bits per heavy atom. The van der Waals surface area contributed by atoms with Crippen molar-refractivity contribution in [2.75, 3.05) is 0 Å². The second kappa shape index (κ2) is 5.87. The van der Waals surface area contributed by atoms with E-state index in [-0.39, 0.29) is 0 Å². The highest BCUT2D eigenvalue weighted by Gasteiger charge is 2.18. The highest BCUT2D eigenvalue weighted by atomic mass is 16.1. The van der Waals surface area contributed by atoms with Crippen LogP contribution >= 0.6 is 0 Å². The van der Waals surface area contributed by atoms with Gasteiger partial charge in [-0.3, -0.25) is 0 Å². The SMILES string of the molecule is C=C(C)c1ccc(C)c(C)c1C(N=C=O)N=C=O. The van der Waals surface area contributed by atoms with Crippen LogP contribution in [-0.2, 0) is 9.59 Å². The Hall–Kier alpha value is -2.28. The third-order valence-electron chi connectivity index (χ3n) is 2.85. The van der Waals surface area contributed by atoms with Crippen LogP contribution < -0.4 is 0 Å². The second-order valence-electron chi connectivity index (χ2n) is 4.06. The van der Waals surface area contributed by atoms with E-state index < -0.39 is 6.17 Å². The summed E-state index contributed by atoms with van der Waals surface area (Å²) < 4.78 is 0. The van der Waals surface area contributed by atoms with Crippen LogP contribution in [0.5, 0.6) is 0 Å². The fourth-order valence-electron chi connectivity index (χ4n) is 1.80. The predicted octanol–water partition coefficient (Wildman–Crippen LogP) is 3.01. The predicted molar refractivity (Wildman–Crippen MR) is 69.6 cm³/mol. The van der Waals surface area contributed by atoms with E-state index in [0.29, 0.717) is 5.56 Å². The zero-order chi connectivity index (χ0) is 13.7. The molecule has 0 heterocycles. The first-order valence-electron chi connectivity index (χ1n) is 5.42. The van der Waals surface area contributed by atoms with Gasteiger partial charge in [-0.05, 0) is 37.5 Å². The highest BCUT2D eigenvalue weighted by Crippen LogP contribution is 2.31. The summed E-state index contributed by atoms with van der Waals surface area (Å²) in [6.45, 7) is 9.56. The zero-order valence-electron chi connectivity index (χ0n) is 10.7. The molecule has 1 aromatic carbocycles. The Morgan fingerprint density at radius 3 is 2.22 bits per heavy atom. The zero-order valence-corrected chi connectivity index (χ0v) is 10.7. The van der Waals surface area contributed by atoms with E-state index in [4.69, 9.17) is 0 Å². The number of hydrogen-bond acceptors (Lipinski definition) is 4. The smallest absolute Gasteiger partial charge is 0.211 e. The lowest BCUT2D eigenvalue weighted by Crippen LogP contribution is -2.02. The summed E-state index contributed by atoms with van der Waals surface area (Å²) >= 11 is 0. The van der Waals surface area contributed by atoms with Crippen molar-refractivity contribution in [3.63, 3.8) is 0 Å². The fraction of sp³-hybridized carbons (Fsp3) is 0.286. The summed E-state index contributed by atoms with van der Waals surface area (Å²) in [4.78, 5) is 28.0. The first-order valence-corrected chi connectivity index (χ1v) is 5.42. The van der Waals surface area contributed by atoms with Crippen LogP contribution in [0.3, 0.4) is 0 Å². The van der Waals surface area contributed by atoms with E-state index in [9.17, 15) is 9.59 Å². The maximum Gasteiger partial charge on any atom is 0.237 e. The number of allylic oxidation sites excluding steroid dienone is 1. The van der Waals surface area contributed by atoms with E-state index >= 15 is 0 Å². The Kier molecular flexibility index (Phi) is 4.50. The van der Waals surface area contributed by atoms with Gasteiger partial charge >= 0.3 is 0 Å². The van der Waals surface area contributed by atoms with Crippen LogP contribution in [0.25, 0.3) is 5.57 Å². The van der Waals surface area contributed by atoms with Crippen LogP contribution in [0, 0.1) is 13.8 Å². The number of rotatable bonds is 4. The lowest BCUT2D eigenvalue weighted by Gasteiger charge is -2.16. The third kappa shape index (κ3) is 2.69. The van der Waals surface area contributed by atoms with Crippen LogP contribution in [-0.4, -0.2) is 12.2 Å². The molecule has 1 rings (SSSR count). The van der Waals surface area contributed by atoms with E-state index in [1.165, 1.54) is 12.2 Å². The molecule has 0 saturated heterocycles. The Balaban J connectivity index is 3.61. The first-order chi connectivity index (χ1) is 8.52. The van der Waals surface area contributed by atoms with Gasteiger partial charge in [0, 0.05) is 5.56 Å². The van der Waals surface area contributed by atoms with E-state index in [2.05, 4.69) is 16.6 Å². The topological polar surface area (TPSA) is 58.9 Å². The standard InChI is InChI=1S/C14H14N2O2/c1-9(2)12-6-5-10(3)11(4)13(12)14(15-7-17)16-8-18/h5-6,14H,1H2,2-4H3. The van der Waals surface area contributed by atoms with Crippen LogP contribution in [0.4, 0.5) is 0 Å². The molecule has 0 bridgehead atoms. The number of carbonyl (C=O) groups excluding carboxylic acids is 2. The highest BCUT2D eigenvalue weighted by molar-refractivity contribution is 5.67. The maximum absolute atomic E-state index is 10.4. The van der Waals surface area contributed by atoms with Crippen molar-refractivity contribution >= 4 is 17.7 Å². The van der Waals surface area contributed by atoms with Gasteiger partial charge in [-0.1, -0.05) is 24.3 Å². The minimum Gasteiger partial charge on any atom is -0.211 e. The third-order valence-corrected chi connectivity index (χ3v) is 2.85. The summed E-state index contributed by atoms with van der Waals surface area (Å²) in [6, 6.07) is 3.84. The molecule has 0 fully saturated rings. The minimum atomic E-state index is -0.897. The number of hydrogen-bond donors (Lipinski definition) is 0. The van der Waals surface area contributed by atoms with Gasteiger partial charge in [-0.25, -0.2) is 9.59 Å². The summed E-state index contributed by atoms with van der Waals surface area (Å²) in [6.07, 6.45) is 1.98. The largest absolute Gasteiger partial charge is 0.237 e.